The fourth-order valence-electron chi connectivity index (χ4n) is 1.52. The van der Waals surface area contributed by atoms with Crippen molar-refractivity contribution in [2.45, 2.75) is 0 Å². The Morgan fingerprint density at radius 1 is 1.13 bits per heavy atom. The summed E-state index contributed by atoms with van der Waals surface area (Å²) in [7, 11) is 0. The molecule has 5 nitrogen and oxygen atoms in total. The van der Waals surface area contributed by atoms with Crippen molar-refractivity contribution in [1.29, 1.82) is 0 Å². The van der Waals surface area contributed by atoms with Crippen LogP contribution in [0.15, 0.2) is 30.6 Å². The van der Waals surface area contributed by atoms with E-state index in [0.29, 0.717) is 13.2 Å². The SMILES string of the molecule is c1cn(-c2ccc3c(c2)OCCO3)nn1. The molecule has 1 aliphatic rings. The predicted octanol–water partition coefficient (Wildman–Crippen LogP) is 1.04. The van der Waals surface area contributed by atoms with Crippen molar-refractivity contribution in [3.05, 3.63) is 30.6 Å². The molecular weight excluding hydrogens is 194 g/mol. The maximum Gasteiger partial charge on any atom is 0.163 e. The molecule has 0 aliphatic carbocycles. The zero-order valence-electron chi connectivity index (χ0n) is 7.96. The van der Waals surface area contributed by atoms with Gasteiger partial charge in [0.2, 0.25) is 0 Å². The van der Waals surface area contributed by atoms with E-state index in [1.54, 1.807) is 17.1 Å². The number of rotatable bonds is 1. The molecule has 0 atom stereocenters. The van der Waals surface area contributed by atoms with Crippen molar-refractivity contribution < 1.29 is 9.47 Å². The Morgan fingerprint density at radius 3 is 2.80 bits per heavy atom. The molecule has 2 aromatic rings. The molecule has 76 valence electrons. The van der Waals surface area contributed by atoms with Crippen molar-refractivity contribution >= 4 is 0 Å². The van der Waals surface area contributed by atoms with Crippen molar-refractivity contribution in [3.63, 3.8) is 0 Å². The summed E-state index contributed by atoms with van der Waals surface area (Å²) in [6, 6.07) is 5.69. The first-order valence-corrected chi connectivity index (χ1v) is 4.70. The molecule has 1 aromatic heterocycles. The highest BCUT2D eigenvalue weighted by Gasteiger charge is 2.12. The first kappa shape index (κ1) is 8.28. The van der Waals surface area contributed by atoms with Gasteiger partial charge >= 0.3 is 0 Å². The van der Waals surface area contributed by atoms with Crippen LogP contribution in [0.1, 0.15) is 0 Å². The predicted molar refractivity (Wildman–Crippen MR) is 52.3 cm³/mol. The molecule has 0 amide bonds. The Hall–Kier alpha value is -2.04. The lowest BCUT2D eigenvalue weighted by Gasteiger charge is -2.18. The molecule has 0 bridgehead atoms. The van der Waals surface area contributed by atoms with Crippen LogP contribution in [0.25, 0.3) is 5.69 Å². The summed E-state index contributed by atoms with van der Waals surface area (Å²) in [5.41, 5.74) is 0.914. The molecule has 3 rings (SSSR count). The highest BCUT2D eigenvalue weighted by atomic mass is 16.6. The largest absolute Gasteiger partial charge is 0.486 e. The van der Waals surface area contributed by atoms with E-state index in [4.69, 9.17) is 9.47 Å². The minimum absolute atomic E-state index is 0.591. The molecular formula is C10H9N3O2. The Labute approximate surface area is 86.2 Å². The highest BCUT2D eigenvalue weighted by Crippen LogP contribution is 2.31. The molecule has 0 unspecified atom stereocenters. The van der Waals surface area contributed by atoms with Gasteiger partial charge in [-0.2, -0.15) is 0 Å². The van der Waals surface area contributed by atoms with Crippen LogP contribution in [-0.4, -0.2) is 28.2 Å². The second kappa shape index (κ2) is 3.27. The van der Waals surface area contributed by atoms with E-state index in [0.717, 1.165) is 17.2 Å². The third-order valence-electron chi connectivity index (χ3n) is 2.21. The van der Waals surface area contributed by atoms with Crippen molar-refractivity contribution in [2.75, 3.05) is 13.2 Å². The molecule has 0 spiro atoms. The van der Waals surface area contributed by atoms with Crippen LogP contribution in [0, 0.1) is 0 Å². The number of aromatic nitrogens is 3. The van der Waals surface area contributed by atoms with Gasteiger partial charge in [-0.15, -0.1) is 5.10 Å². The summed E-state index contributed by atoms with van der Waals surface area (Å²) >= 11 is 0. The zero-order chi connectivity index (χ0) is 10.1. The number of nitrogens with zero attached hydrogens (tertiary/aromatic N) is 3. The standard InChI is InChI=1S/C10H9N3O2/c1-2-9-10(15-6-5-14-9)7-8(1)13-4-3-11-12-13/h1-4,7H,5-6H2. The Bertz CT molecular complexity index is 468. The summed E-state index contributed by atoms with van der Waals surface area (Å²) in [4.78, 5) is 0. The molecule has 1 aliphatic heterocycles. The van der Waals surface area contributed by atoms with Crippen LogP contribution in [-0.2, 0) is 0 Å². The van der Waals surface area contributed by atoms with Crippen molar-refractivity contribution in [1.82, 2.24) is 15.0 Å². The second-order valence-electron chi connectivity index (χ2n) is 3.18. The Kier molecular flexibility index (Phi) is 1.81. The van der Waals surface area contributed by atoms with Gasteiger partial charge in [-0.1, -0.05) is 5.21 Å². The maximum absolute atomic E-state index is 5.48. The van der Waals surface area contributed by atoms with Gasteiger partial charge in [0.25, 0.3) is 0 Å². The summed E-state index contributed by atoms with van der Waals surface area (Å²) in [5, 5.41) is 7.66. The highest BCUT2D eigenvalue weighted by molar-refractivity contribution is 5.48. The van der Waals surface area contributed by atoms with Crippen molar-refractivity contribution in [3.8, 4) is 17.2 Å². The smallest absolute Gasteiger partial charge is 0.163 e. The van der Waals surface area contributed by atoms with Crippen LogP contribution >= 0.6 is 0 Å². The van der Waals surface area contributed by atoms with Gasteiger partial charge in [0.05, 0.1) is 18.1 Å². The van der Waals surface area contributed by atoms with E-state index in [2.05, 4.69) is 10.3 Å². The summed E-state index contributed by atoms with van der Waals surface area (Å²) in [6.45, 7) is 1.20. The molecule has 1 aromatic carbocycles. The lowest BCUT2D eigenvalue weighted by molar-refractivity contribution is 0.171. The number of ether oxygens (including phenoxy) is 2. The molecule has 2 heterocycles. The molecule has 0 saturated carbocycles. The quantitative estimate of drug-likeness (QED) is 0.694. The van der Waals surface area contributed by atoms with E-state index >= 15 is 0 Å². The fraction of sp³-hybridized carbons (Fsp3) is 0.200. The van der Waals surface area contributed by atoms with E-state index in [9.17, 15) is 0 Å². The molecule has 0 saturated heterocycles. The van der Waals surface area contributed by atoms with Crippen LogP contribution in [0.5, 0.6) is 11.5 Å². The monoisotopic (exact) mass is 203 g/mol. The third kappa shape index (κ3) is 1.41. The van der Waals surface area contributed by atoms with Gasteiger partial charge in [0, 0.05) is 6.07 Å². The Balaban J connectivity index is 2.04. The molecule has 15 heavy (non-hydrogen) atoms. The number of hydrogen-bond acceptors (Lipinski definition) is 4. The van der Waals surface area contributed by atoms with Gasteiger partial charge < -0.3 is 9.47 Å². The first-order valence-electron chi connectivity index (χ1n) is 4.70. The van der Waals surface area contributed by atoms with E-state index in [1.807, 2.05) is 18.2 Å². The number of hydrogen-bond donors (Lipinski definition) is 0. The minimum atomic E-state index is 0.591. The third-order valence-corrected chi connectivity index (χ3v) is 2.21. The Morgan fingerprint density at radius 2 is 2.00 bits per heavy atom. The van der Waals surface area contributed by atoms with Crippen LogP contribution in [0.4, 0.5) is 0 Å². The van der Waals surface area contributed by atoms with Gasteiger partial charge in [-0.3, -0.25) is 0 Å². The average molecular weight is 203 g/mol. The van der Waals surface area contributed by atoms with Gasteiger partial charge in [0.1, 0.15) is 13.2 Å². The van der Waals surface area contributed by atoms with Gasteiger partial charge in [-0.05, 0) is 12.1 Å². The first-order chi connectivity index (χ1) is 7.43. The van der Waals surface area contributed by atoms with E-state index in [-0.39, 0.29) is 0 Å². The molecule has 0 N–H and O–H groups in total. The van der Waals surface area contributed by atoms with Crippen LogP contribution < -0.4 is 9.47 Å². The number of benzene rings is 1. The van der Waals surface area contributed by atoms with Crippen LogP contribution in [0.3, 0.4) is 0 Å². The molecule has 0 fully saturated rings. The fourth-order valence-corrected chi connectivity index (χ4v) is 1.52. The van der Waals surface area contributed by atoms with E-state index in [1.165, 1.54) is 0 Å². The summed E-state index contributed by atoms with van der Waals surface area (Å²) < 4.78 is 12.6. The average Bonchev–Trinajstić information content (AvgIpc) is 2.82. The maximum atomic E-state index is 5.48. The van der Waals surface area contributed by atoms with Crippen molar-refractivity contribution in [2.24, 2.45) is 0 Å². The topological polar surface area (TPSA) is 49.2 Å². The second-order valence-corrected chi connectivity index (χ2v) is 3.18. The summed E-state index contributed by atoms with van der Waals surface area (Å²) in [5.74, 6) is 1.54. The lowest BCUT2D eigenvalue weighted by atomic mass is 10.2. The molecule has 0 radical (unpaired) electrons. The van der Waals surface area contributed by atoms with Crippen LogP contribution in [0.2, 0.25) is 0 Å². The lowest BCUT2D eigenvalue weighted by Crippen LogP contribution is -2.15. The number of fused-ring (bicyclic) bond motifs is 1. The summed E-state index contributed by atoms with van der Waals surface area (Å²) in [6.07, 6.45) is 3.42. The van der Waals surface area contributed by atoms with Gasteiger partial charge in [0.15, 0.2) is 11.5 Å². The minimum Gasteiger partial charge on any atom is -0.486 e. The zero-order valence-corrected chi connectivity index (χ0v) is 7.96. The van der Waals surface area contributed by atoms with E-state index < -0.39 is 0 Å². The molecule has 5 heteroatoms. The normalized spacial score (nSPS) is 13.9. The van der Waals surface area contributed by atoms with Gasteiger partial charge in [-0.25, -0.2) is 4.68 Å².